The van der Waals surface area contributed by atoms with Gasteiger partial charge in [0.1, 0.15) is 0 Å². The van der Waals surface area contributed by atoms with Gasteiger partial charge in [-0.25, -0.2) is 4.68 Å². The van der Waals surface area contributed by atoms with Gasteiger partial charge in [-0.1, -0.05) is 12.1 Å². The van der Waals surface area contributed by atoms with E-state index in [9.17, 15) is 9.59 Å². The van der Waals surface area contributed by atoms with Crippen molar-refractivity contribution in [2.24, 2.45) is 0 Å². The number of hydrogen-bond donors (Lipinski definition) is 1. The summed E-state index contributed by atoms with van der Waals surface area (Å²) in [4.78, 5) is 25.8. The van der Waals surface area contributed by atoms with E-state index in [1.165, 1.54) is 0 Å². The molecule has 0 bridgehead atoms. The maximum absolute atomic E-state index is 13.0. The molecule has 1 aliphatic heterocycles. The molecule has 1 amide bonds. The van der Waals surface area contributed by atoms with E-state index in [-0.39, 0.29) is 18.4 Å². The van der Waals surface area contributed by atoms with Gasteiger partial charge in [-0.15, -0.1) is 0 Å². The van der Waals surface area contributed by atoms with Crippen LogP contribution in [0, 0.1) is 13.8 Å². The second-order valence-corrected chi connectivity index (χ2v) is 7.37. The van der Waals surface area contributed by atoms with E-state index in [1.54, 1.807) is 27.5 Å². The lowest BCUT2D eigenvalue weighted by molar-refractivity contribution is -0.138. The number of amides is 1. The van der Waals surface area contributed by atoms with E-state index in [2.05, 4.69) is 5.10 Å². The van der Waals surface area contributed by atoms with E-state index in [4.69, 9.17) is 5.11 Å². The average molecular weight is 359 g/mol. The molecule has 0 spiro atoms. The molecule has 7 heteroatoms. The fraction of sp³-hybridized carbons (Fsp3) is 0.389. The number of carbonyl (C=O) groups is 2. The van der Waals surface area contributed by atoms with Gasteiger partial charge in [-0.05, 0) is 31.5 Å². The third-order valence-electron chi connectivity index (χ3n) is 4.39. The first kappa shape index (κ1) is 17.5. The van der Waals surface area contributed by atoms with Crippen molar-refractivity contribution in [3.8, 4) is 5.69 Å². The minimum Gasteiger partial charge on any atom is -0.481 e. The third kappa shape index (κ3) is 3.71. The Morgan fingerprint density at radius 2 is 2.16 bits per heavy atom. The predicted octanol–water partition coefficient (Wildman–Crippen LogP) is 2.52. The highest BCUT2D eigenvalue weighted by Crippen LogP contribution is 2.23. The normalized spacial score (nSPS) is 17.5. The summed E-state index contributed by atoms with van der Waals surface area (Å²) < 4.78 is 1.76. The van der Waals surface area contributed by atoms with E-state index in [1.807, 2.05) is 38.1 Å². The number of thioether (sulfide) groups is 1. The SMILES string of the molecule is Cc1cccc(-n2ncc(C(=O)N3CCSCC3CC(=O)O)c2C)c1. The largest absolute Gasteiger partial charge is 0.481 e. The van der Waals surface area contributed by atoms with Crippen molar-refractivity contribution in [2.75, 3.05) is 18.1 Å². The lowest BCUT2D eigenvalue weighted by Gasteiger charge is -2.34. The molecule has 3 rings (SSSR count). The van der Waals surface area contributed by atoms with Crippen molar-refractivity contribution in [3.63, 3.8) is 0 Å². The quantitative estimate of drug-likeness (QED) is 0.908. The van der Waals surface area contributed by atoms with Gasteiger partial charge in [0, 0.05) is 18.1 Å². The Hall–Kier alpha value is -2.28. The molecule has 0 aliphatic carbocycles. The van der Waals surface area contributed by atoms with Crippen LogP contribution in [-0.2, 0) is 4.79 Å². The Morgan fingerprint density at radius 3 is 2.88 bits per heavy atom. The van der Waals surface area contributed by atoms with Gasteiger partial charge in [0.25, 0.3) is 5.91 Å². The number of carboxylic acids is 1. The fourth-order valence-electron chi connectivity index (χ4n) is 3.09. The molecule has 25 heavy (non-hydrogen) atoms. The monoisotopic (exact) mass is 359 g/mol. The summed E-state index contributed by atoms with van der Waals surface area (Å²) >= 11 is 1.69. The van der Waals surface area contributed by atoms with Crippen LogP contribution >= 0.6 is 11.8 Å². The van der Waals surface area contributed by atoms with Crippen molar-refractivity contribution >= 4 is 23.6 Å². The Labute approximate surface area is 150 Å². The molecule has 0 saturated carbocycles. The molecular formula is C18H21N3O3S. The average Bonchev–Trinajstić information content (AvgIpc) is 2.96. The number of aryl methyl sites for hydroxylation is 1. The molecule has 2 aromatic rings. The van der Waals surface area contributed by atoms with Crippen LogP contribution in [0.4, 0.5) is 0 Å². The Morgan fingerprint density at radius 1 is 1.36 bits per heavy atom. The van der Waals surface area contributed by atoms with Gasteiger partial charge in [0.15, 0.2) is 0 Å². The molecule has 132 valence electrons. The number of aliphatic carboxylic acids is 1. The zero-order valence-corrected chi connectivity index (χ0v) is 15.1. The Bertz CT molecular complexity index is 803. The Balaban J connectivity index is 1.88. The molecule has 1 aromatic carbocycles. The van der Waals surface area contributed by atoms with Crippen LogP contribution in [0.15, 0.2) is 30.5 Å². The fourth-order valence-corrected chi connectivity index (χ4v) is 4.15. The number of hydrogen-bond acceptors (Lipinski definition) is 4. The van der Waals surface area contributed by atoms with E-state index in [0.29, 0.717) is 17.9 Å². The molecule has 6 nitrogen and oxygen atoms in total. The molecule has 1 N–H and O–H groups in total. The minimum atomic E-state index is -0.877. The summed E-state index contributed by atoms with van der Waals surface area (Å²) in [6.07, 6.45) is 1.56. The van der Waals surface area contributed by atoms with E-state index >= 15 is 0 Å². The molecule has 1 atom stereocenters. The summed E-state index contributed by atoms with van der Waals surface area (Å²) in [5, 5.41) is 13.5. The molecule has 1 aliphatic rings. The maximum Gasteiger partial charge on any atom is 0.305 e. The minimum absolute atomic E-state index is 0.0240. The van der Waals surface area contributed by atoms with Gasteiger partial charge in [0.05, 0.1) is 35.6 Å². The first-order chi connectivity index (χ1) is 12.0. The number of carbonyl (C=O) groups excluding carboxylic acids is 1. The van der Waals surface area contributed by atoms with Crippen molar-refractivity contribution in [3.05, 3.63) is 47.3 Å². The summed E-state index contributed by atoms with van der Waals surface area (Å²) in [5.41, 5.74) is 3.33. The number of rotatable bonds is 4. The highest BCUT2D eigenvalue weighted by molar-refractivity contribution is 7.99. The summed E-state index contributed by atoms with van der Waals surface area (Å²) in [7, 11) is 0. The molecular weight excluding hydrogens is 338 g/mol. The molecule has 1 unspecified atom stereocenters. The van der Waals surface area contributed by atoms with Crippen molar-refractivity contribution < 1.29 is 14.7 Å². The van der Waals surface area contributed by atoms with Crippen LogP contribution in [0.2, 0.25) is 0 Å². The zero-order valence-electron chi connectivity index (χ0n) is 14.3. The first-order valence-electron chi connectivity index (χ1n) is 8.19. The van der Waals surface area contributed by atoms with E-state index in [0.717, 1.165) is 22.7 Å². The maximum atomic E-state index is 13.0. The van der Waals surface area contributed by atoms with Crippen molar-refractivity contribution in [1.82, 2.24) is 14.7 Å². The Kier molecular flexibility index (Phi) is 5.13. The molecule has 1 fully saturated rings. The molecule has 1 aromatic heterocycles. The van der Waals surface area contributed by atoms with Crippen molar-refractivity contribution in [1.29, 1.82) is 0 Å². The summed E-state index contributed by atoms with van der Waals surface area (Å²) in [5.74, 6) is 0.469. The molecule has 0 radical (unpaired) electrons. The summed E-state index contributed by atoms with van der Waals surface area (Å²) in [6, 6.07) is 7.66. The lowest BCUT2D eigenvalue weighted by atomic mass is 10.1. The van der Waals surface area contributed by atoms with Gasteiger partial charge < -0.3 is 10.0 Å². The number of aromatic nitrogens is 2. The first-order valence-corrected chi connectivity index (χ1v) is 9.35. The van der Waals surface area contributed by atoms with Crippen LogP contribution in [0.5, 0.6) is 0 Å². The number of benzene rings is 1. The molecule has 2 heterocycles. The zero-order chi connectivity index (χ0) is 18.0. The van der Waals surface area contributed by atoms with Crippen molar-refractivity contribution in [2.45, 2.75) is 26.3 Å². The predicted molar refractivity (Wildman–Crippen MR) is 97.4 cm³/mol. The highest BCUT2D eigenvalue weighted by Gasteiger charge is 2.31. The van der Waals surface area contributed by atoms with Crippen LogP contribution in [0.1, 0.15) is 28.0 Å². The van der Waals surface area contributed by atoms with Crippen LogP contribution in [0.3, 0.4) is 0 Å². The third-order valence-corrected chi connectivity index (χ3v) is 5.48. The van der Waals surface area contributed by atoms with Gasteiger partial charge in [-0.2, -0.15) is 16.9 Å². The van der Waals surface area contributed by atoms with Crippen LogP contribution in [0.25, 0.3) is 5.69 Å². The van der Waals surface area contributed by atoms with Gasteiger partial charge >= 0.3 is 5.97 Å². The van der Waals surface area contributed by atoms with Gasteiger partial charge in [0.2, 0.25) is 0 Å². The van der Waals surface area contributed by atoms with Gasteiger partial charge in [-0.3, -0.25) is 9.59 Å². The number of carboxylic acid groups (broad SMARTS) is 1. The molecule has 1 saturated heterocycles. The summed E-state index contributed by atoms with van der Waals surface area (Å²) in [6.45, 7) is 4.44. The lowest BCUT2D eigenvalue weighted by Crippen LogP contribution is -2.47. The number of nitrogens with zero attached hydrogens (tertiary/aromatic N) is 3. The smallest absolute Gasteiger partial charge is 0.305 e. The van der Waals surface area contributed by atoms with Crippen LogP contribution in [-0.4, -0.2) is 55.8 Å². The topological polar surface area (TPSA) is 75.4 Å². The van der Waals surface area contributed by atoms with Crippen LogP contribution < -0.4 is 0 Å². The standard InChI is InChI=1S/C18H21N3O3S/c1-12-4-3-5-14(8-12)21-13(2)16(10-19-21)18(24)20-6-7-25-11-15(20)9-17(22)23/h3-5,8,10,15H,6-7,9,11H2,1-2H3,(H,22,23). The second kappa shape index (κ2) is 7.31. The highest BCUT2D eigenvalue weighted by atomic mass is 32.2. The second-order valence-electron chi connectivity index (χ2n) is 6.22. The van der Waals surface area contributed by atoms with E-state index < -0.39 is 5.97 Å².